The Morgan fingerprint density at radius 2 is 2.04 bits per heavy atom. The van der Waals surface area contributed by atoms with E-state index in [2.05, 4.69) is 12.2 Å². The van der Waals surface area contributed by atoms with Crippen molar-refractivity contribution in [2.45, 2.75) is 38.2 Å². The molecule has 0 aromatic heterocycles. The molecule has 6 nitrogen and oxygen atoms in total. The van der Waals surface area contributed by atoms with Crippen LogP contribution in [0, 0.1) is 5.92 Å². The molecule has 0 bridgehead atoms. The van der Waals surface area contributed by atoms with Gasteiger partial charge in [-0.2, -0.15) is 0 Å². The van der Waals surface area contributed by atoms with E-state index in [0.29, 0.717) is 17.4 Å². The van der Waals surface area contributed by atoms with Crippen molar-refractivity contribution in [3.8, 4) is 5.75 Å². The van der Waals surface area contributed by atoms with E-state index in [9.17, 15) is 9.59 Å². The summed E-state index contributed by atoms with van der Waals surface area (Å²) in [5, 5.41) is 11.5. The second kappa shape index (κ2) is 7.46. The number of amides is 1. The van der Waals surface area contributed by atoms with Crippen LogP contribution in [0.15, 0.2) is 24.3 Å². The van der Waals surface area contributed by atoms with Gasteiger partial charge in [-0.05, 0) is 49.4 Å². The molecule has 2 atom stereocenters. The van der Waals surface area contributed by atoms with Crippen molar-refractivity contribution >= 4 is 17.6 Å². The number of carbonyl (C=O) groups excluding carboxylic acids is 1. The molecule has 0 heterocycles. The summed E-state index contributed by atoms with van der Waals surface area (Å²) in [7, 11) is 1.58. The van der Waals surface area contributed by atoms with E-state index in [0.717, 1.165) is 25.7 Å². The topological polar surface area (TPSA) is 84.9 Å². The van der Waals surface area contributed by atoms with Crippen LogP contribution in [0.5, 0.6) is 5.75 Å². The maximum atomic E-state index is 12.6. The number of nitrogens with one attached hydrogen (secondary N) is 1. The van der Waals surface area contributed by atoms with E-state index < -0.39 is 18.2 Å². The van der Waals surface area contributed by atoms with Gasteiger partial charge >= 0.3 is 5.97 Å². The van der Waals surface area contributed by atoms with Gasteiger partial charge in [-0.25, -0.2) is 4.79 Å². The molecule has 1 aromatic carbocycles. The zero-order valence-electron chi connectivity index (χ0n) is 13.5. The van der Waals surface area contributed by atoms with E-state index in [4.69, 9.17) is 14.6 Å². The number of hydrogen-bond donors (Lipinski definition) is 2. The molecule has 0 radical (unpaired) electrons. The molecule has 6 heteroatoms. The molecular formula is C17H23NO5. The monoisotopic (exact) mass is 321 g/mol. The molecular weight excluding hydrogens is 298 g/mol. The molecule has 2 rings (SSSR count). The van der Waals surface area contributed by atoms with Gasteiger partial charge in [-0.15, -0.1) is 0 Å². The van der Waals surface area contributed by atoms with Gasteiger partial charge < -0.3 is 19.9 Å². The molecule has 1 fully saturated rings. The highest BCUT2D eigenvalue weighted by molar-refractivity contribution is 5.97. The average Bonchev–Trinajstić information content (AvgIpc) is 2.54. The van der Waals surface area contributed by atoms with Crippen LogP contribution >= 0.6 is 0 Å². The first-order chi connectivity index (χ1) is 10.9. The van der Waals surface area contributed by atoms with E-state index in [1.54, 1.807) is 31.4 Å². The minimum absolute atomic E-state index is 0.134. The third-order valence-electron chi connectivity index (χ3n) is 4.23. The molecule has 0 saturated heterocycles. The Hall–Kier alpha value is -2.08. The number of carboxylic acids is 1. The maximum Gasteiger partial charge on any atom is 0.341 e. The van der Waals surface area contributed by atoms with Gasteiger partial charge in [0.05, 0.1) is 0 Å². The Kier molecular flexibility index (Phi) is 5.60. The Labute approximate surface area is 135 Å². The van der Waals surface area contributed by atoms with Crippen LogP contribution in [0.2, 0.25) is 0 Å². The highest BCUT2D eigenvalue weighted by Crippen LogP contribution is 2.35. The molecule has 0 spiro atoms. The van der Waals surface area contributed by atoms with Gasteiger partial charge in [0, 0.05) is 12.8 Å². The standard InChI is InChI=1S/C17H23NO5/c1-12-4-3-9-17(10-12,22-2)16(21)18-13-5-7-14(8-6-13)23-11-15(19)20/h5-8,12H,3-4,9-11H2,1-2H3,(H,18,21)(H,19,20)/t12-,17-/m1/s1. The number of rotatable bonds is 6. The summed E-state index contributed by atoms with van der Waals surface area (Å²) < 4.78 is 10.6. The number of benzene rings is 1. The third kappa shape index (κ3) is 4.45. The van der Waals surface area contributed by atoms with Crippen LogP contribution in [0.1, 0.15) is 32.6 Å². The lowest BCUT2D eigenvalue weighted by atomic mass is 9.78. The molecule has 23 heavy (non-hydrogen) atoms. The summed E-state index contributed by atoms with van der Waals surface area (Å²) in [4.78, 5) is 23.1. The quantitative estimate of drug-likeness (QED) is 0.841. The van der Waals surface area contributed by atoms with Crippen molar-refractivity contribution in [3.63, 3.8) is 0 Å². The van der Waals surface area contributed by atoms with Crippen LogP contribution in [-0.4, -0.2) is 36.3 Å². The first-order valence-corrected chi connectivity index (χ1v) is 7.76. The minimum atomic E-state index is -1.03. The van der Waals surface area contributed by atoms with Crippen molar-refractivity contribution in [1.82, 2.24) is 0 Å². The molecule has 1 amide bonds. The lowest BCUT2D eigenvalue weighted by Gasteiger charge is -2.37. The lowest BCUT2D eigenvalue weighted by molar-refractivity contribution is -0.143. The molecule has 0 aliphatic heterocycles. The number of carbonyl (C=O) groups is 2. The Balaban J connectivity index is 2.00. The summed E-state index contributed by atoms with van der Waals surface area (Å²) in [5.74, 6) is -0.263. The fourth-order valence-corrected chi connectivity index (χ4v) is 3.01. The van der Waals surface area contributed by atoms with E-state index in [1.165, 1.54) is 0 Å². The van der Waals surface area contributed by atoms with Gasteiger partial charge in [0.25, 0.3) is 5.91 Å². The van der Waals surface area contributed by atoms with Crippen molar-refractivity contribution in [2.75, 3.05) is 19.0 Å². The van der Waals surface area contributed by atoms with Gasteiger partial charge in [-0.1, -0.05) is 13.3 Å². The van der Waals surface area contributed by atoms with Crippen LogP contribution in [0.4, 0.5) is 5.69 Å². The van der Waals surface area contributed by atoms with Crippen LogP contribution < -0.4 is 10.1 Å². The highest BCUT2D eigenvalue weighted by atomic mass is 16.5. The van der Waals surface area contributed by atoms with Gasteiger partial charge in [0.1, 0.15) is 11.4 Å². The first-order valence-electron chi connectivity index (χ1n) is 7.76. The molecule has 1 aromatic rings. The lowest BCUT2D eigenvalue weighted by Crippen LogP contribution is -2.47. The first kappa shape index (κ1) is 17.3. The molecule has 2 N–H and O–H groups in total. The largest absolute Gasteiger partial charge is 0.482 e. The average molecular weight is 321 g/mol. The van der Waals surface area contributed by atoms with Crippen molar-refractivity contribution in [2.24, 2.45) is 5.92 Å². The summed E-state index contributed by atoms with van der Waals surface area (Å²) in [6, 6.07) is 6.62. The van der Waals surface area contributed by atoms with Gasteiger partial charge in [0.2, 0.25) is 0 Å². The van der Waals surface area contributed by atoms with Gasteiger partial charge in [0.15, 0.2) is 6.61 Å². The maximum absolute atomic E-state index is 12.6. The number of hydrogen-bond acceptors (Lipinski definition) is 4. The van der Waals surface area contributed by atoms with Crippen LogP contribution in [0.25, 0.3) is 0 Å². The molecule has 1 saturated carbocycles. The number of aliphatic carboxylic acids is 1. The number of ether oxygens (including phenoxy) is 2. The number of carboxylic acid groups (broad SMARTS) is 1. The SMILES string of the molecule is CO[C@]1(C(=O)Nc2ccc(OCC(=O)O)cc2)CCC[C@@H](C)C1. The van der Waals surface area contributed by atoms with Crippen molar-refractivity contribution < 1.29 is 24.2 Å². The van der Waals surface area contributed by atoms with Gasteiger partial charge in [-0.3, -0.25) is 4.79 Å². The molecule has 0 unspecified atom stereocenters. The second-order valence-electron chi connectivity index (χ2n) is 6.06. The van der Waals surface area contributed by atoms with Crippen LogP contribution in [0.3, 0.4) is 0 Å². The highest BCUT2D eigenvalue weighted by Gasteiger charge is 2.41. The van der Waals surface area contributed by atoms with Crippen LogP contribution in [-0.2, 0) is 14.3 Å². The van der Waals surface area contributed by atoms with E-state index in [1.807, 2.05) is 0 Å². The summed E-state index contributed by atoms with van der Waals surface area (Å²) in [6.45, 7) is 1.74. The zero-order chi connectivity index (χ0) is 16.9. The Bertz CT molecular complexity index is 557. The van der Waals surface area contributed by atoms with Crippen molar-refractivity contribution in [3.05, 3.63) is 24.3 Å². The second-order valence-corrected chi connectivity index (χ2v) is 6.06. The Morgan fingerprint density at radius 1 is 1.35 bits per heavy atom. The predicted octanol–water partition coefficient (Wildman–Crippen LogP) is 2.68. The summed E-state index contributed by atoms with van der Waals surface area (Å²) in [5.41, 5.74) is -0.136. The number of anilines is 1. The zero-order valence-corrected chi connectivity index (χ0v) is 13.5. The summed E-state index contributed by atoms with van der Waals surface area (Å²) in [6.07, 6.45) is 3.53. The molecule has 1 aliphatic carbocycles. The number of methoxy groups -OCH3 is 1. The molecule has 1 aliphatic rings. The van der Waals surface area contributed by atoms with Crippen molar-refractivity contribution in [1.29, 1.82) is 0 Å². The fourth-order valence-electron chi connectivity index (χ4n) is 3.01. The minimum Gasteiger partial charge on any atom is -0.482 e. The smallest absolute Gasteiger partial charge is 0.341 e. The Morgan fingerprint density at radius 3 is 2.61 bits per heavy atom. The third-order valence-corrected chi connectivity index (χ3v) is 4.23. The predicted molar refractivity (Wildman–Crippen MR) is 85.6 cm³/mol. The molecule has 126 valence electrons. The summed E-state index contributed by atoms with van der Waals surface area (Å²) >= 11 is 0. The normalized spacial score (nSPS) is 24.0. The fraction of sp³-hybridized carbons (Fsp3) is 0.529. The van der Waals surface area contributed by atoms with E-state index in [-0.39, 0.29) is 5.91 Å². The van der Waals surface area contributed by atoms with E-state index >= 15 is 0 Å².